The van der Waals surface area contributed by atoms with Gasteiger partial charge in [0.1, 0.15) is 5.69 Å². The smallest absolute Gasteiger partial charge is 0.273 e. The molecule has 1 aromatic carbocycles. The third kappa shape index (κ3) is 3.83. The highest BCUT2D eigenvalue weighted by atomic mass is 32.1. The van der Waals surface area contributed by atoms with E-state index in [0.29, 0.717) is 31.0 Å². The lowest BCUT2D eigenvalue weighted by molar-refractivity contribution is -0.0306. The predicted molar refractivity (Wildman–Crippen MR) is 125 cm³/mol. The Morgan fingerprint density at radius 2 is 2.03 bits per heavy atom. The average molecular weight is 463 g/mol. The standard InChI is InChI=1S/C25H26N4O3S/c1-2-32-22-21(28-23(30)17-6-5-11-26-14-17)18-7-3-4-8-19(18)25(22)9-12-29(13-10-25)24(31)20-15-33-16-27-20/h3-8,11,14-16,21-22H,2,9-10,12-13H2,1H3,(H,28,30)/t21-,22+/m1/s1. The molecular formula is C25H26N4O3S. The number of aromatic nitrogens is 2. The molecule has 8 heteroatoms. The van der Waals surface area contributed by atoms with Crippen molar-refractivity contribution in [1.29, 1.82) is 0 Å². The molecule has 7 nitrogen and oxygen atoms in total. The van der Waals surface area contributed by atoms with E-state index in [1.807, 2.05) is 24.0 Å². The third-order valence-electron chi connectivity index (χ3n) is 6.83. The molecule has 170 valence electrons. The van der Waals surface area contributed by atoms with E-state index >= 15 is 0 Å². The van der Waals surface area contributed by atoms with Crippen LogP contribution in [0.1, 0.15) is 57.8 Å². The van der Waals surface area contributed by atoms with Gasteiger partial charge in [0.15, 0.2) is 0 Å². The number of hydrogen-bond donors (Lipinski definition) is 1. The van der Waals surface area contributed by atoms with Crippen molar-refractivity contribution in [3.63, 3.8) is 0 Å². The molecule has 2 aromatic heterocycles. The van der Waals surface area contributed by atoms with Gasteiger partial charge in [-0.2, -0.15) is 0 Å². The van der Waals surface area contributed by atoms with Crippen LogP contribution in [-0.4, -0.2) is 52.5 Å². The Labute approximate surface area is 196 Å². The summed E-state index contributed by atoms with van der Waals surface area (Å²) >= 11 is 1.43. The van der Waals surface area contributed by atoms with E-state index in [1.54, 1.807) is 35.4 Å². The zero-order chi connectivity index (χ0) is 22.8. The molecule has 1 aliphatic carbocycles. The molecule has 0 saturated carbocycles. The zero-order valence-corrected chi connectivity index (χ0v) is 19.3. The Morgan fingerprint density at radius 3 is 2.73 bits per heavy atom. The van der Waals surface area contributed by atoms with E-state index in [4.69, 9.17) is 4.74 Å². The summed E-state index contributed by atoms with van der Waals surface area (Å²) in [5.74, 6) is -0.187. The van der Waals surface area contributed by atoms with Gasteiger partial charge in [-0.15, -0.1) is 11.3 Å². The number of carbonyl (C=O) groups is 2. The Bertz CT molecular complexity index is 1130. The van der Waals surface area contributed by atoms with Crippen LogP contribution in [0.2, 0.25) is 0 Å². The summed E-state index contributed by atoms with van der Waals surface area (Å²) in [5, 5.41) is 5.02. The summed E-state index contributed by atoms with van der Waals surface area (Å²) in [6, 6.07) is 11.5. The van der Waals surface area contributed by atoms with E-state index in [9.17, 15) is 9.59 Å². The summed E-state index contributed by atoms with van der Waals surface area (Å²) in [4.78, 5) is 36.0. The van der Waals surface area contributed by atoms with Gasteiger partial charge >= 0.3 is 0 Å². The number of pyridine rings is 1. The molecule has 3 aromatic rings. The molecule has 2 atom stereocenters. The minimum Gasteiger partial charge on any atom is -0.375 e. The number of nitrogens with one attached hydrogen (secondary N) is 1. The molecule has 1 N–H and O–H groups in total. The molecule has 0 radical (unpaired) electrons. The van der Waals surface area contributed by atoms with Crippen LogP contribution < -0.4 is 5.32 Å². The molecule has 2 amide bonds. The number of nitrogens with zero attached hydrogens (tertiary/aromatic N) is 3. The molecule has 1 fully saturated rings. The fraction of sp³-hybridized carbons (Fsp3) is 0.360. The lowest BCUT2D eigenvalue weighted by Crippen LogP contribution is -2.52. The molecule has 33 heavy (non-hydrogen) atoms. The largest absolute Gasteiger partial charge is 0.375 e. The fourth-order valence-corrected chi connectivity index (χ4v) is 5.84. The Kier molecular flexibility index (Phi) is 5.95. The maximum absolute atomic E-state index is 13.0. The van der Waals surface area contributed by atoms with Crippen molar-refractivity contribution in [1.82, 2.24) is 20.2 Å². The van der Waals surface area contributed by atoms with Gasteiger partial charge in [-0.3, -0.25) is 14.6 Å². The molecule has 1 spiro atoms. The van der Waals surface area contributed by atoms with Crippen LogP contribution in [0, 0.1) is 0 Å². The van der Waals surface area contributed by atoms with Gasteiger partial charge in [-0.05, 0) is 43.0 Å². The fourth-order valence-electron chi connectivity index (χ4n) is 5.31. The molecule has 3 heterocycles. The first-order valence-electron chi connectivity index (χ1n) is 11.2. The summed E-state index contributed by atoms with van der Waals surface area (Å²) in [7, 11) is 0. The molecule has 2 aliphatic rings. The van der Waals surface area contributed by atoms with E-state index in [1.165, 1.54) is 16.9 Å². The van der Waals surface area contributed by atoms with Gasteiger partial charge in [0.2, 0.25) is 0 Å². The van der Waals surface area contributed by atoms with E-state index < -0.39 is 0 Å². The normalized spacial score (nSPS) is 21.1. The summed E-state index contributed by atoms with van der Waals surface area (Å²) in [6.45, 7) is 3.77. The van der Waals surface area contributed by atoms with Crippen LogP contribution in [0.3, 0.4) is 0 Å². The number of thiazole rings is 1. The lowest BCUT2D eigenvalue weighted by atomic mass is 9.71. The van der Waals surface area contributed by atoms with Gasteiger partial charge in [0.05, 0.1) is 23.2 Å². The van der Waals surface area contributed by atoms with E-state index in [-0.39, 0.29) is 29.4 Å². The predicted octanol–water partition coefficient (Wildman–Crippen LogP) is 3.60. The maximum Gasteiger partial charge on any atom is 0.273 e. The minimum atomic E-state index is -0.269. The van der Waals surface area contributed by atoms with Crippen molar-refractivity contribution >= 4 is 23.2 Å². The number of ether oxygens (including phenoxy) is 1. The number of rotatable bonds is 5. The molecule has 1 saturated heterocycles. The molecule has 0 unspecified atom stereocenters. The summed E-state index contributed by atoms with van der Waals surface area (Å²) in [5.41, 5.74) is 4.75. The number of amides is 2. The Balaban J connectivity index is 1.44. The lowest BCUT2D eigenvalue weighted by Gasteiger charge is -2.44. The third-order valence-corrected chi connectivity index (χ3v) is 7.42. The topological polar surface area (TPSA) is 84.4 Å². The number of carbonyl (C=O) groups excluding carboxylic acids is 2. The Morgan fingerprint density at radius 1 is 1.21 bits per heavy atom. The van der Waals surface area contributed by atoms with E-state index in [2.05, 4.69) is 27.4 Å². The highest BCUT2D eigenvalue weighted by molar-refractivity contribution is 7.07. The van der Waals surface area contributed by atoms with Crippen LogP contribution in [0.25, 0.3) is 0 Å². The van der Waals surface area contributed by atoms with Crippen LogP contribution >= 0.6 is 11.3 Å². The first-order valence-corrected chi connectivity index (χ1v) is 12.2. The van der Waals surface area contributed by atoms with Crippen LogP contribution in [0.4, 0.5) is 0 Å². The monoisotopic (exact) mass is 462 g/mol. The highest BCUT2D eigenvalue weighted by Gasteiger charge is 2.54. The number of benzene rings is 1. The van der Waals surface area contributed by atoms with Gasteiger partial charge in [-0.1, -0.05) is 24.3 Å². The second-order valence-electron chi connectivity index (χ2n) is 8.48. The number of piperidine rings is 1. The zero-order valence-electron chi connectivity index (χ0n) is 18.4. The average Bonchev–Trinajstić information content (AvgIpc) is 3.48. The molecular weight excluding hydrogens is 436 g/mol. The minimum absolute atomic E-state index is 0.0215. The van der Waals surface area contributed by atoms with Crippen molar-refractivity contribution in [2.75, 3.05) is 19.7 Å². The molecule has 0 bridgehead atoms. The van der Waals surface area contributed by atoms with Crippen molar-refractivity contribution in [3.8, 4) is 0 Å². The van der Waals surface area contributed by atoms with Crippen molar-refractivity contribution in [2.45, 2.75) is 37.3 Å². The summed E-state index contributed by atoms with van der Waals surface area (Å²) < 4.78 is 6.35. The van der Waals surface area contributed by atoms with Crippen LogP contribution in [0.15, 0.2) is 59.7 Å². The van der Waals surface area contributed by atoms with Crippen molar-refractivity contribution < 1.29 is 14.3 Å². The van der Waals surface area contributed by atoms with Crippen molar-refractivity contribution in [3.05, 3.63) is 82.1 Å². The molecule has 5 rings (SSSR count). The van der Waals surface area contributed by atoms with Crippen molar-refractivity contribution in [2.24, 2.45) is 0 Å². The molecule has 1 aliphatic heterocycles. The highest BCUT2D eigenvalue weighted by Crippen LogP contribution is 2.52. The number of likely N-dealkylation sites (tertiary alicyclic amines) is 1. The number of fused-ring (bicyclic) bond motifs is 2. The SMILES string of the molecule is CCO[C@H]1[C@H](NC(=O)c2cccnc2)c2ccccc2C12CCN(C(=O)c1cscn1)CC2. The van der Waals surface area contributed by atoms with Gasteiger partial charge in [0.25, 0.3) is 11.8 Å². The van der Waals surface area contributed by atoms with E-state index in [0.717, 1.165) is 18.4 Å². The van der Waals surface area contributed by atoms with Crippen LogP contribution in [-0.2, 0) is 10.2 Å². The van der Waals surface area contributed by atoms with Gasteiger partial charge < -0.3 is 15.0 Å². The first-order chi connectivity index (χ1) is 16.1. The van der Waals surface area contributed by atoms with Gasteiger partial charge in [-0.25, -0.2) is 4.98 Å². The van der Waals surface area contributed by atoms with Crippen LogP contribution in [0.5, 0.6) is 0 Å². The first kappa shape index (κ1) is 21.7. The summed E-state index contributed by atoms with van der Waals surface area (Å²) in [6.07, 6.45) is 4.55. The maximum atomic E-state index is 13.0. The second kappa shape index (κ2) is 9.03. The Hall–Kier alpha value is -3.10. The second-order valence-corrected chi connectivity index (χ2v) is 9.20. The number of hydrogen-bond acceptors (Lipinski definition) is 6. The quantitative estimate of drug-likeness (QED) is 0.626. The van der Waals surface area contributed by atoms with Gasteiger partial charge in [0, 0.05) is 42.9 Å².